The molecule has 0 aliphatic rings. The molecule has 0 aliphatic carbocycles. The molecular formula is C23H25N3O2. The van der Waals surface area contributed by atoms with Gasteiger partial charge in [-0.2, -0.15) is 0 Å². The number of anilines is 2. The minimum atomic E-state index is -0.223. The highest BCUT2D eigenvalue weighted by atomic mass is 16.5. The summed E-state index contributed by atoms with van der Waals surface area (Å²) in [4.78, 5) is 16.6. The first kappa shape index (κ1) is 19.4. The third-order valence-corrected chi connectivity index (χ3v) is 4.49. The van der Waals surface area contributed by atoms with Gasteiger partial charge in [0, 0.05) is 12.2 Å². The number of nitrogens with one attached hydrogen (secondary N) is 2. The van der Waals surface area contributed by atoms with Crippen LogP contribution in [0.1, 0.15) is 41.4 Å². The summed E-state index contributed by atoms with van der Waals surface area (Å²) in [7, 11) is 1.65. The Bertz CT molecular complexity index is 902. The fourth-order valence-electron chi connectivity index (χ4n) is 2.73. The summed E-state index contributed by atoms with van der Waals surface area (Å²) in [6.07, 6.45) is 1.67. The molecule has 1 amide bonds. The molecule has 0 saturated carbocycles. The number of pyridine rings is 1. The Morgan fingerprint density at radius 1 is 0.964 bits per heavy atom. The second-order valence-electron chi connectivity index (χ2n) is 6.86. The minimum Gasteiger partial charge on any atom is -0.497 e. The number of benzene rings is 2. The van der Waals surface area contributed by atoms with Crippen molar-refractivity contribution in [3.05, 3.63) is 83.7 Å². The van der Waals surface area contributed by atoms with Crippen molar-refractivity contribution in [2.24, 2.45) is 0 Å². The molecule has 2 aromatic carbocycles. The number of hydrogen-bond donors (Lipinski definition) is 2. The monoisotopic (exact) mass is 375 g/mol. The topological polar surface area (TPSA) is 63.2 Å². The lowest BCUT2D eigenvalue weighted by Crippen LogP contribution is -2.13. The molecule has 0 spiro atoms. The molecule has 144 valence electrons. The maximum atomic E-state index is 12.4. The molecule has 0 bridgehead atoms. The number of amides is 1. The lowest BCUT2D eigenvalue weighted by atomic mass is 10.0. The van der Waals surface area contributed by atoms with E-state index in [1.807, 2.05) is 54.6 Å². The van der Waals surface area contributed by atoms with E-state index in [4.69, 9.17) is 4.74 Å². The Morgan fingerprint density at radius 3 is 2.21 bits per heavy atom. The standard InChI is InChI=1S/C23H25N3O2/c1-16(2)18-6-8-19(9-7-18)26-23(27)22-13-10-20(15-25-22)24-14-17-4-11-21(28-3)12-5-17/h4-13,15-16,24H,14H2,1-3H3,(H,26,27). The third kappa shape index (κ3) is 5.10. The van der Waals surface area contributed by atoms with E-state index >= 15 is 0 Å². The van der Waals surface area contributed by atoms with Gasteiger partial charge in [0.05, 0.1) is 19.0 Å². The fourth-order valence-corrected chi connectivity index (χ4v) is 2.73. The molecule has 0 atom stereocenters. The van der Waals surface area contributed by atoms with Gasteiger partial charge in [0.15, 0.2) is 0 Å². The maximum Gasteiger partial charge on any atom is 0.274 e. The van der Waals surface area contributed by atoms with Gasteiger partial charge in [-0.15, -0.1) is 0 Å². The third-order valence-electron chi connectivity index (χ3n) is 4.49. The van der Waals surface area contributed by atoms with Gasteiger partial charge in [0.25, 0.3) is 5.91 Å². The van der Waals surface area contributed by atoms with Crippen LogP contribution in [0.25, 0.3) is 0 Å². The molecular weight excluding hydrogens is 350 g/mol. The molecule has 1 aromatic heterocycles. The van der Waals surface area contributed by atoms with Crippen molar-refractivity contribution < 1.29 is 9.53 Å². The SMILES string of the molecule is COc1ccc(CNc2ccc(C(=O)Nc3ccc(C(C)C)cc3)nc2)cc1. The number of rotatable bonds is 7. The van der Waals surface area contributed by atoms with Crippen molar-refractivity contribution in [3.63, 3.8) is 0 Å². The Morgan fingerprint density at radius 2 is 1.64 bits per heavy atom. The molecule has 3 rings (SSSR count). The van der Waals surface area contributed by atoms with Crippen molar-refractivity contribution in [1.29, 1.82) is 0 Å². The number of ether oxygens (including phenoxy) is 1. The number of hydrogen-bond acceptors (Lipinski definition) is 4. The van der Waals surface area contributed by atoms with Gasteiger partial charge in [-0.1, -0.05) is 38.1 Å². The number of carbonyl (C=O) groups excluding carboxylic acids is 1. The number of nitrogens with zero attached hydrogens (tertiary/aromatic N) is 1. The zero-order valence-corrected chi connectivity index (χ0v) is 16.4. The Balaban J connectivity index is 1.56. The van der Waals surface area contributed by atoms with Crippen LogP contribution in [0.4, 0.5) is 11.4 Å². The number of aromatic nitrogens is 1. The normalized spacial score (nSPS) is 10.6. The van der Waals surface area contributed by atoms with Crippen LogP contribution >= 0.6 is 0 Å². The second kappa shape index (κ2) is 9.04. The summed E-state index contributed by atoms with van der Waals surface area (Å²) in [5, 5.41) is 6.17. The molecule has 0 aliphatic heterocycles. The molecule has 5 heteroatoms. The van der Waals surface area contributed by atoms with Crippen molar-refractivity contribution in [3.8, 4) is 5.75 Å². The van der Waals surface area contributed by atoms with Gasteiger partial charge in [-0.3, -0.25) is 4.79 Å². The van der Waals surface area contributed by atoms with E-state index in [0.717, 1.165) is 22.7 Å². The van der Waals surface area contributed by atoms with Gasteiger partial charge in [0.1, 0.15) is 11.4 Å². The largest absolute Gasteiger partial charge is 0.497 e. The zero-order chi connectivity index (χ0) is 19.9. The average Bonchev–Trinajstić information content (AvgIpc) is 2.73. The highest BCUT2D eigenvalue weighted by Gasteiger charge is 2.08. The van der Waals surface area contributed by atoms with E-state index in [-0.39, 0.29) is 5.91 Å². The first-order chi connectivity index (χ1) is 13.5. The van der Waals surface area contributed by atoms with Gasteiger partial charge in [-0.05, 0) is 53.4 Å². The highest BCUT2D eigenvalue weighted by Crippen LogP contribution is 2.18. The zero-order valence-electron chi connectivity index (χ0n) is 16.4. The van der Waals surface area contributed by atoms with Crippen molar-refractivity contribution in [2.75, 3.05) is 17.7 Å². The summed E-state index contributed by atoms with van der Waals surface area (Å²) in [6, 6.07) is 19.3. The first-order valence-electron chi connectivity index (χ1n) is 9.29. The predicted octanol–water partition coefficient (Wildman–Crippen LogP) is 5.08. The quantitative estimate of drug-likeness (QED) is 0.605. The molecule has 1 heterocycles. The lowest BCUT2D eigenvalue weighted by Gasteiger charge is -2.09. The van der Waals surface area contributed by atoms with E-state index in [9.17, 15) is 4.79 Å². The van der Waals surface area contributed by atoms with Gasteiger partial charge < -0.3 is 15.4 Å². The fraction of sp³-hybridized carbons (Fsp3) is 0.217. The van der Waals surface area contributed by atoms with Crippen LogP contribution in [-0.4, -0.2) is 18.0 Å². The molecule has 5 nitrogen and oxygen atoms in total. The van der Waals surface area contributed by atoms with Crippen molar-refractivity contribution in [1.82, 2.24) is 4.98 Å². The molecule has 0 radical (unpaired) electrons. The van der Waals surface area contributed by atoms with Crippen LogP contribution < -0.4 is 15.4 Å². The lowest BCUT2D eigenvalue weighted by molar-refractivity contribution is 0.102. The molecule has 28 heavy (non-hydrogen) atoms. The molecule has 2 N–H and O–H groups in total. The van der Waals surface area contributed by atoms with Crippen LogP contribution in [0, 0.1) is 0 Å². The summed E-state index contributed by atoms with van der Waals surface area (Å²) in [6.45, 7) is 4.95. The predicted molar refractivity (Wildman–Crippen MR) is 113 cm³/mol. The van der Waals surface area contributed by atoms with Crippen LogP contribution in [0.3, 0.4) is 0 Å². The van der Waals surface area contributed by atoms with E-state index in [1.54, 1.807) is 19.4 Å². The van der Waals surface area contributed by atoms with Crippen LogP contribution in [0.2, 0.25) is 0 Å². The molecule has 3 aromatic rings. The van der Waals surface area contributed by atoms with Gasteiger partial charge in [0.2, 0.25) is 0 Å². The van der Waals surface area contributed by atoms with Crippen molar-refractivity contribution in [2.45, 2.75) is 26.3 Å². The molecule has 0 unspecified atom stereocenters. The maximum absolute atomic E-state index is 12.4. The van der Waals surface area contributed by atoms with E-state index in [0.29, 0.717) is 18.2 Å². The first-order valence-corrected chi connectivity index (χ1v) is 9.29. The van der Waals surface area contributed by atoms with E-state index in [2.05, 4.69) is 29.5 Å². The Labute approximate surface area is 165 Å². The van der Waals surface area contributed by atoms with Crippen molar-refractivity contribution >= 4 is 17.3 Å². The van der Waals surface area contributed by atoms with E-state index in [1.165, 1.54) is 5.56 Å². The van der Waals surface area contributed by atoms with Crippen LogP contribution in [0.15, 0.2) is 66.9 Å². The van der Waals surface area contributed by atoms with Gasteiger partial charge >= 0.3 is 0 Å². The second-order valence-corrected chi connectivity index (χ2v) is 6.86. The van der Waals surface area contributed by atoms with Crippen LogP contribution in [-0.2, 0) is 6.54 Å². The average molecular weight is 375 g/mol. The number of methoxy groups -OCH3 is 1. The smallest absolute Gasteiger partial charge is 0.274 e. The summed E-state index contributed by atoms with van der Waals surface area (Å²) in [5.74, 6) is 1.07. The van der Waals surface area contributed by atoms with Crippen LogP contribution in [0.5, 0.6) is 5.75 Å². The molecule has 0 saturated heterocycles. The highest BCUT2D eigenvalue weighted by molar-refractivity contribution is 6.02. The molecule has 0 fully saturated rings. The van der Waals surface area contributed by atoms with Gasteiger partial charge in [-0.25, -0.2) is 4.98 Å². The Hall–Kier alpha value is -3.34. The summed E-state index contributed by atoms with van der Waals surface area (Å²) < 4.78 is 5.16. The summed E-state index contributed by atoms with van der Waals surface area (Å²) >= 11 is 0. The minimum absolute atomic E-state index is 0.223. The number of carbonyl (C=O) groups is 1. The summed E-state index contributed by atoms with van der Waals surface area (Å²) in [5.41, 5.74) is 4.37. The van der Waals surface area contributed by atoms with E-state index < -0.39 is 0 Å². The Kier molecular flexibility index (Phi) is 6.27.